The van der Waals surface area contributed by atoms with E-state index in [9.17, 15) is 39.9 Å². The molecule has 0 amide bonds. The number of alkyl halides is 3. The number of aliphatic hydroxyl groups is 1. The van der Waals surface area contributed by atoms with Gasteiger partial charge in [-0.15, -0.1) is 0 Å². The summed E-state index contributed by atoms with van der Waals surface area (Å²) in [6.45, 7) is 0.430. The molecule has 2 aromatic carbocycles. The molecule has 0 unspecified atom stereocenters. The van der Waals surface area contributed by atoms with Gasteiger partial charge in [0.2, 0.25) is 0 Å². The van der Waals surface area contributed by atoms with Crippen molar-refractivity contribution in [2.24, 2.45) is 0 Å². The van der Waals surface area contributed by atoms with Crippen LogP contribution in [0.2, 0.25) is 0 Å². The lowest BCUT2D eigenvalue weighted by Gasteiger charge is -2.26. The summed E-state index contributed by atoms with van der Waals surface area (Å²) in [7, 11) is -5.88. The Morgan fingerprint density at radius 3 is 2.11 bits per heavy atom. The minimum absolute atomic E-state index is 0.179. The maximum Gasteiger partial charge on any atom is 0.501 e. The van der Waals surface area contributed by atoms with E-state index in [0.717, 1.165) is 25.1 Å². The van der Waals surface area contributed by atoms with Crippen LogP contribution >= 0.6 is 0 Å². The number of halogens is 6. The quantitative estimate of drug-likeness (QED) is 0.734. The van der Waals surface area contributed by atoms with Crippen molar-refractivity contribution >= 4 is 15.5 Å². The minimum atomic E-state index is -5.88. The van der Waals surface area contributed by atoms with Gasteiger partial charge in [0.1, 0.15) is 27.9 Å². The van der Waals surface area contributed by atoms with Crippen LogP contribution in [0.1, 0.15) is 12.5 Å². The highest BCUT2D eigenvalue weighted by molar-refractivity contribution is 7.92. The zero-order chi connectivity index (χ0) is 20.6. The van der Waals surface area contributed by atoms with Gasteiger partial charge >= 0.3 is 5.51 Å². The second kappa shape index (κ2) is 7.04. The molecule has 2 aromatic rings. The van der Waals surface area contributed by atoms with E-state index in [0.29, 0.717) is 12.1 Å². The zero-order valence-corrected chi connectivity index (χ0v) is 14.4. The molecular formula is C16H13F6NO3S. The molecule has 0 aliphatic heterocycles. The number of hydrogen-bond donors (Lipinski definition) is 2. The molecule has 11 heteroatoms. The molecule has 0 radical (unpaired) electrons. The van der Waals surface area contributed by atoms with Crippen LogP contribution in [0.25, 0.3) is 0 Å². The summed E-state index contributed by atoms with van der Waals surface area (Å²) in [5.41, 5.74) is -8.75. The maximum absolute atomic E-state index is 13.8. The molecular weight excluding hydrogens is 400 g/mol. The third-order valence-electron chi connectivity index (χ3n) is 3.67. The van der Waals surface area contributed by atoms with E-state index in [-0.39, 0.29) is 11.6 Å². The Labute approximate surface area is 150 Å². The molecule has 0 aliphatic carbocycles. The lowest BCUT2D eigenvalue weighted by atomic mass is 9.95. The van der Waals surface area contributed by atoms with Gasteiger partial charge in [0.15, 0.2) is 0 Å². The first-order valence-corrected chi connectivity index (χ1v) is 8.77. The SMILES string of the molecule is C[C@](O)(CNc1ccc(F)cc1S(=O)(=O)C(F)(F)F)c1ccc(F)cc1F. The molecule has 148 valence electrons. The first-order chi connectivity index (χ1) is 12.3. The molecule has 0 saturated carbocycles. The number of nitrogens with one attached hydrogen (secondary N) is 1. The fourth-order valence-corrected chi connectivity index (χ4v) is 3.22. The lowest BCUT2D eigenvalue weighted by Crippen LogP contribution is -2.32. The normalized spacial score (nSPS) is 14.7. The van der Waals surface area contributed by atoms with Gasteiger partial charge in [-0.1, -0.05) is 6.07 Å². The Kier molecular flexibility index (Phi) is 5.48. The van der Waals surface area contributed by atoms with Crippen LogP contribution in [-0.4, -0.2) is 25.6 Å². The van der Waals surface area contributed by atoms with Gasteiger partial charge in [0, 0.05) is 18.2 Å². The number of hydrogen-bond acceptors (Lipinski definition) is 4. The van der Waals surface area contributed by atoms with E-state index in [1.54, 1.807) is 0 Å². The first-order valence-electron chi connectivity index (χ1n) is 7.28. The van der Waals surface area contributed by atoms with Crippen molar-refractivity contribution in [3.05, 3.63) is 59.4 Å². The second-order valence-corrected chi connectivity index (χ2v) is 7.75. The highest BCUT2D eigenvalue weighted by atomic mass is 32.2. The lowest BCUT2D eigenvalue weighted by molar-refractivity contribution is -0.0435. The van der Waals surface area contributed by atoms with Crippen molar-refractivity contribution in [3.63, 3.8) is 0 Å². The number of anilines is 1. The highest BCUT2D eigenvalue weighted by Crippen LogP contribution is 2.35. The summed E-state index contributed by atoms with van der Waals surface area (Å²) in [6.07, 6.45) is 0. The molecule has 4 nitrogen and oxygen atoms in total. The van der Waals surface area contributed by atoms with Crippen molar-refractivity contribution in [1.82, 2.24) is 0 Å². The fraction of sp³-hybridized carbons (Fsp3) is 0.250. The Morgan fingerprint density at radius 1 is 1.00 bits per heavy atom. The summed E-state index contributed by atoms with van der Waals surface area (Å²) in [6, 6.07) is 3.93. The Hall–Kier alpha value is -2.27. The summed E-state index contributed by atoms with van der Waals surface area (Å²) < 4.78 is 102. The number of benzene rings is 2. The topological polar surface area (TPSA) is 66.4 Å². The molecule has 0 aliphatic rings. The van der Waals surface area contributed by atoms with E-state index in [1.165, 1.54) is 0 Å². The van der Waals surface area contributed by atoms with Crippen LogP contribution in [0.5, 0.6) is 0 Å². The summed E-state index contributed by atoms with van der Waals surface area (Å²) >= 11 is 0. The average Bonchev–Trinajstić information content (AvgIpc) is 2.52. The maximum atomic E-state index is 13.8. The minimum Gasteiger partial charge on any atom is -0.383 e. The van der Waals surface area contributed by atoms with Gasteiger partial charge in [-0.3, -0.25) is 0 Å². The van der Waals surface area contributed by atoms with Crippen molar-refractivity contribution in [2.45, 2.75) is 22.9 Å². The predicted octanol–water partition coefficient (Wildman–Crippen LogP) is 3.72. The molecule has 0 fully saturated rings. The number of rotatable bonds is 5. The molecule has 0 saturated heterocycles. The van der Waals surface area contributed by atoms with Gasteiger partial charge in [0.25, 0.3) is 9.84 Å². The summed E-state index contributed by atoms with van der Waals surface area (Å²) in [5.74, 6) is -3.24. The smallest absolute Gasteiger partial charge is 0.383 e. The average molecular weight is 413 g/mol. The van der Waals surface area contributed by atoms with E-state index in [2.05, 4.69) is 5.32 Å². The van der Waals surface area contributed by atoms with Crippen molar-refractivity contribution in [1.29, 1.82) is 0 Å². The van der Waals surface area contributed by atoms with E-state index in [1.807, 2.05) is 0 Å². The van der Waals surface area contributed by atoms with Gasteiger partial charge in [0.05, 0.1) is 5.69 Å². The van der Waals surface area contributed by atoms with Crippen LogP contribution in [0, 0.1) is 17.5 Å². The van der Waals surface area contributed by atoms with Gasteiger partial charge < -0.3 is 10.4 Å². The molecule has 0 spiro atoms. The fourth-order valence-electron chi connectivity index (χ4n) is 2.28. The largest absolute Gasteiger partial charge is 0.501 e. The first kappa shape index (κ1) is 21.0. The van der Waals surface area contributed by atoms with Crippen molar-refractivity contribution in [3.8, 4) is 0 Å². The number of sulfone groups is 1. The molecule has 0 heterocycles. The third-order valence-corrected chi connectivity index (χ3v) is 5.20. The van der Waals surface area contributed by atoms with Crippen LogP contribution in [0.4, 0.5) is 32.0 Å². The van der Waals surface area contributed by atoms with Crippen LogP contribution in [0.3, 0.4) is 0 Å². The summed E-state index contributed by atoms with van der Waals surface area (Å²) in [4.78, 5) is -1.38. The Bertz CT molecular complexity index is 957. The van der Waals surface area contributed by atoms with Crippen LogP contribution < -0.4 is 5.32 Å². The van der Waals surface area contributed by atoms with E-state index < -0.39 is 55.5 Å². The molecule has 1 atom stereocenters. The molecule has 0 bridgehead atoms. The highest BCUT2D eigenvalue weighted by Gasteiger charge is 2.48. The summed E-state index contributed by atoms with van der Waals surface area (Å²) in [5, 5.41) is 12.6. The van der Waals surface area contributed by atoms with Gasteiger partial charge in [-0.2, -0.15) is 13.2 Å². The van der Waals surface area contributed by atoms with Crippen LogP contribution in [-0.2, 0) is 15.4 Å². The Morgan fingerprint density at radius 2 is 1.56 bits per heavy atom. The van der Waals surface area contributed by atoms with Gasteiger partial charge in [-0.05, 0) is 31.2 Å². The third kappa shape index (κ3) is 4.35. The van der Waals surface area contributed by atoms with Crippen molar-refractivity contribution in [2.75, 3.05) is 11.9 Å². The standard InChI is InChI=1S/C16H13F6NO3S/c1-15(24,11-4-2-9(17)6-12(11)19)8-23-13-5-3-10(18)7-14(13)27(25,26)16(20,21)22/h2-7,23-24H,8H2,1H3/t15-/m0/s1. The molecule has 2 N–H and O–H groups in total. The molecule has 0 aromatic heterocycles. The second-order valence-electron chi connectivity index (χ2n) is 5.84. The molecule has 27 heavy (non-hydrogen) atoms. The van der Waals surface area contributed by atoms with E-state index >= 15 is 0 Å². The van der Waals surface area contributed by atoms with Crippen LogP contribution in [0.15, 0.2) is 41.3 Å². The van der Waals surface area contributed by atoms with Gasteiger partial charge in [-0.25, -0.2) is 21.6 Å². The Balaban J connectivity index is 2.38. The molecule has 2 rings (SSSR count). The zero-order valence-electron chi connectivity index (χ0n) is 13.6. The van der Waals surface area contributed by atoms with Crippen molar-refractivity contribution < 1.29 is 39.9 Å². The predicted molar refractivity (Wildman–Crippen MR) is 84.1 cm³/mol. The van der Waals surface area contributed by atoms with E-state index in [4.69, 9.17) is 0 Å². The monoisotopic (exact) mass is 413 g/mol.